The van der Waals surface area contributed by atoms with Gasteiger partial charge in [0.25, 0.3) is 0 Å². The summed E-state index contributed by atoms with van der Waals surface area (Å²) >= 11 is 1.25. The molecule has 0 fully saturated rings. The highest BCUT2D eigenvalue weighted by molar-refractivity contribution is 7.18. The second-order valence-electron chi connectivity index (χ2n) is 4.38. The zero-order valence-corrected chi connectivity index (χ0v) is 11.3. The smallest absolute Gasteiger partial charge is 0.478 e. The number of alkyl halides is 3. The first-order valence-electron chi connectivity index (χ1n) is 5.61. The Balaban J connectivity index is 2.59. The van der Waals surface area contributed by atoms with Gasteiger partial charge in [-0.3, -0.25) is 0 Å². The Kier molecular flexibility index (Phi) is 3.59. The fourth-order valence-electron chi connectivity index (χ4n) is 1.60. The lowest BCUT2D eigenvalue weighted by molar-refractivity contribution is -0.274. The zero-order valence-electron chi connectivity index (χ0n) is 10.5. The maximum atomic E-state index is 12.3. The number of hydrogen-bond donors (Lipinski definition) is 1. The van der Waals surface area contributed by atoms with Gasteiger partial charge in [0.05, 0.1) is 15.2 Å². The van der Waals surface area contributed by atoms with E-state index in [2.05, 4.69) is 9.72 Å². The van der Waals surface area contributed by atoms with Crippen LogP contribution >= 0.6 is 11.3 Å². The van der Waals surface area contributed by atoms with Crippen LogP contribution in [0.25, 0.3) is 10.2 Å². The number of ether oxygens (including phenoxy) is 1. The molecular formula is C12H10F3NO3S. The van der Waals surface area contributed by atoms with Crippen LogP contribution in [0.5, 0.6) is 5.75 Å². The van der Waals surface area contributed by atoms with Gasteiger partial charge < -0.3 is 9.84 Å². The molecule has 0 amide bonds. The van der Waals surface area contributed by atoms with Gasteiger partial charge in [0.15, 0.2) is 0 Å². The molecule has 4 nitrogen and oxygen atoms in total. The molecule has 20 heavy (non-hydrogen) atoms. The number of carboxylic acids is 1. The summed E-state index contributed by atoms with van der Waals surface area (Å²) in [5.41, 5.74) is -0.239. The van der Waals surface area contributed by atoms with Gasteiger partial charge in [-0.05, 0) is 6.07 Å². The van der Waals surface area contributed by atoms with E-state index in [1.807, 2.05) is 13.8 Å². The summed E-state index contributed by atoms with van der Waals surface area (Å²) in [7, 11) is 0. The summed E-state index contributed by atoms with van der Waals surface area (Å²) in [6.07, 6.45) is -4.95. The predicted octanol–water partition coefficient (Wildman–Crippen LogP) is 4.02. The average molecular weight is 305 g/mol. The fourth-order valence-corrected chi connectivity index (χ4v) is 2.59. The van der Waals surface area contributed by atoms with Gasteiger partial charge in [-0.15, -0.1) is 24.5 Å². The van der Waals surface area contributed by atoms with Crippen molar-refractivity contribution in [2.75, 3.05) is 0 Å². The summed E-state index contributed by atoms with van der Waals surface area (Å²) in [4.78, 5) is 15.2. The van der Waals surface area contributed by atoms with E-state index in [0.717, 1.165) is 17.1 Å². The van der Waals surface area contributed by atoms with Gasteiger partial charge in [0.1, 0.15) is 11.3 Å². The number of benzene rings is 1. The Morgan fingerprint density at radius 1 is 1.40 bits per heavy atom. The van der Waals surface area contributed by atoms with Crippen LogP contribution in [0.1, 0.15) is 35.1 Å². The summed E-state index contributed by atoms with van der Waals surface area (Å²) in [5, 5.41) is 9.70. The highest BCUT2D eigenvalue weighted by Gasteiger charge is 2.33. The Hall–Kier alpha value is -1.83. The first-order chi connectivity index (χ1) is 9.17. The van der Waals surface area contributed by atoms with Gasteiger partial charge in [-0.2, -0.15) is 0 Å². The third-order valence-corrected chi connectivity index (χ3v) is 3.78. The Morgan fingerprint density at radius 3 is 2.55 bits per heavy atom. The quantitative estimate of drug-likeness (QED) is 0.930. The first-order valence-corrected chi connectivity index (χ1v) is 6.42. The monoisotopic (exact) mass is 305 g/mol. The number of aromatic carboxylic acids is 1. The van der Waals surface area contributed by atoms with E-state index in [-0.39, 0.29) is 5.92 Å². The second-order valence-corrected chi connectivity index (χ2v) is 5.44. The van der Waals surface area contributed by atoms with Gasteiger partial charge in [0.2, 0.25) is 0 Å². The van der Waals surface area contributed by atoms with E-state index in [0.29, 0.717) is 10.2 Å². The Bertz CT molecular complexity index is 664. The summed E-state index contributed by atoms with van der Waals surface area (Å²) < 4.78 is 41.1. The van der Waals surface area contributed by atoms with Crippen molar-refractivity contribution in [2.24, 2.45) is 0 Å². The van der Waals surface area contributed by atoms with Crippen LogP contribution in [0.3, 0.4) is 0 Å². The van der Waals surface area contributed by atoms with Crippen molar-refractivity contribution in [3.05, 3.63) is 22.7 Å². The number of thiazole rings is 1. The lowest BCUT2D eigenvalue weighted by Crippen LogP contribution is -2.19. The number of aromatic nitrogens is 1. The summed E-state index contributed by atoms with van der Waals surface area (Å²) in [6, 6.07) is 2.16. The molecule has 1 aromatic heterocycles. The molecule has 0 saturated heterocycles. The first kappa shape index (κ1) is 14.6. The van der Waals surface area contributed by atoms with Gasteiger partial charge in [-0.1, -0.05) is 13.8 Å². The fraction of sp³-hybridized carbons (Fsp3) is 0.333. The van der Waals surface area contributed by atoms with E-state index in [1.54, 1.807) is 0 Å². The molecule has 2 aromatic rings. The highest BCUT2D eigenvalue weighted by Crippen LogP contribution is 2.34. The van der Waals surface area contributed by atoms with E-state index in [9.17, 15) is 18.0 Å². The third kappa shape index (κ3) is 3.01. The standard InChI is InChI=1S/C12H10F3NO3S/c1-5(2)10-16-7-4-8(19-12(13,14)15)6(11(17)18)3-9(7)20-10/h3-5H,1-2H3,(H,17,18). The lowest BCUT2D eigenvalue weighted by atomic mass is 10.2. The maximum absolute atomic E-state index is 12.3. The molecule has 0 unspecified atom stereocenters. The molecule has 0 aliphatic heterocycles. The molecule has 0 aliphatic rings. The van der Waals surface area contributed by atoms with Crippen LogP contribution in [-0.4, -0.2) is 22.4 Å². The Morgan fingerprint density at radius 2 is 2.05 bits per heavy atom. The minimum Gasteiger partial charge on any atom is -0.478 e. The molecule has 1 heterocycles. The van der Waals surface area contributed by atoms with E-state index in [1.165, 1.54) is 11.3 Å². The summed E-state index contributed by atoms with van der Waals surface area (Å²) in [6.45, 7) is 3.78. The lowest BCUT2D eigenvalue weighted by Gasteiger charge is -2.10. The minimum atomic E-state index is -4.95. The number of carbonyl (C=O) groups is 1. The van der Waals surface area contributed by atoms with E-state index >= 15 is 0 Å². The van der Waals surface area contributed by atoms with Crippen molar-refractivity contribution < 1.29 is 27.8 Å². The molecule has 0 bridgehead atoms. The predicted molar refractivity (Wildman–Crippen MR) is 67.4 cm³/mol. The van der Waals surface area contributed by atoms with Crippen LogP contribution in [-0.2, 0) is 0 Å². The molecule has 0 spiro atoms. The van der Waals surface area contributed by atoms with Crippen molar-refractivity contribution in [2.45, 2.75) is 26.1 Å². The van der Waals surface area contributed by atoms with Crippen molar-refractivity contribution >= 4 is 27.5 Å². The number of hydrogen-bond acceptors (Lipinski definition) is 4. The molecule has 0 saturated carbocycles. The van der Waals surface area contributed by atoms with Crippen molar-refractivity contribution in [3.63, 3.8) is 0 Å². The number of rotatable bonds is 3. The topological polar surface area (TPSA) is 59.4 Å². The van der Waals surface area contributed by atoms with Crippen molar-refractivity contribution in [1.82, 2.24) is 4.98 Å². The Labute approximate surface area is 115 Å². The van der Waals surface area contributed by atoms with E-state index < -0.39 is 23.6 Å². The molecule has 2 rings (SSSR count). The van der Waals surface area contributed by atoms with Crippen LogP contribution in [0.4, 0.5) is 13.2 Å². The number of halogens is 3. The van der Waals surface area contributed by atoms with E-state index in [4.69, 9.17) is 5.11 Å². The molecular weight excluding hydrogens is 295 g/mol. The molecule has 0 atom stereocenters. The molecule has 0 radical (unpaired) electrons. The highest BCUT2D eigenvalue weighted by atomic mass is 32.1. The van der Waals surface area contributed by atoms with Crippen molar-refractivity contribution in [1.29, 1.82) is 0 Å². The van der Waals surface area contributed by atoms with Crippen LogP contribution < -0.4 is 4.74 Å². The van der Waals surface area contributed by atoms with Crippen LogP contribution in [0.15, 0.2) is 12.1 Å². The molecule has 1 N–H and O–H groups in total. The summed E-state index contributed by atoms with van der Waals surface area (Å²) in [5.74, 6) is -2.13. The van der Waals surface area contributed by atoms with Gasteiger partial charge in [-0.25, -0.2) is 9.78 Å². The minimum absolute atomic E-state index is 0.104. The molecule has 0 aliphatic carbocycles. The second kappa shape index (κ2) is 4.93. The van der Waals surface area contributed by atoms with Crippen molar-refractivity contribution in [3.8, 4) is 5.75 Å². The number of nitrogens with zero attached hydrogens (tertiary/aromatic N) is 1. The van der Waals surface area contributed by atoms with Crippen LogP contribution in [0, 0.1) is 0 Å². The van der Waals surface area contributed by atoms with Gasteiger partial charge >= 0.3 is 12.3 Å². The maximum Gasteiger partial charge on any atom is 0.573 e. The molecule has 108 valence electrons. The third-order valence-electron chi connectivity index (χ3n) is 2.46. The normalized spacial score (nSPS) is 12.1. The number of fused-ring (bicyclic) bond motifs is 1. The van der Waals surface area contributed by atoms with Gasteiger partial charge in [0, 0.05) is 12.0 Å². The largest absolute Gasteiger partial charge is 0.573 e. The zero-order chi connectivity index (χ0) is 15.1. The number of carboxylic acid groups (broad SMARTS) is 1. The average Bonchev–Trinajstić information content (AvgIpc) is 2.68. The molecule has 1 aromatic carbocycles. The van der Waals surface area contributed by atoms with Crippen LogP contribution in [0.2, 0.25) is 0 Å². The molecule has 8 heteroatoms. The SMILES string of the molecule is CC(C)c1nc2cc(OC(F)(F)F)c(C(=O)O)cc2s1.